The van der Waals surface area contributed by atoms with Gasteiger partial charge < -0.3 is 4.74 Å². The van der Waals surface area contributed by atoms with E-state index in [0.717, 1.165) is 14.2 Å². The fraction of sp³-hybridized carbons (Fsp3) is 0.0833. The van der Waals surface area contributed by atoms with Crippen LogP contribution in [0, 0.1) is 0 Å². The van der Waals surface area contributed by atoms with Crippen molar-refractivity contribution < 1.29 is 9.53 Å². The van der Waals surface area contributed by atoms with Gasteiger partial charge in [-0.05, 0) is 27.6 Å². The SMILES string of the molecule is COC(=O)c1cc(Br)sc1-c1ccccc1. The average molecular weight is 297 g/mol. The first-order valence-electron chi connectivity index (χ1n) is 4.65. The number of carbonyl (C=O) groups excluding carboxylic acids is 1. The standard InChI is InChI=1S/C12H9BrO2S/c1-15-12(14)9-7-10(13)16-11(9)8-5-3-2-4-6-8/h2-7H,1H3. The van der Waals surface area contributed by atoms with Gasteiger partial charge in [0.1, 0.15) is 0 Å². The third-order valence-electron chi connectivity index (χ3n) is 2.14. The molecule has 1 aromatic carbocycles. The molecule has 0 unspecified atom stereocenters. The molecule has 4 heteroatoms. The van der Waals surface area contributed by atoms with E-state index in [1.54, 1.807) is 6.07 Å². The molecule has 0 atom stereocenters. The van der Waals surface area contributed by atoms with Gasteiger partial charge in [0.05, 0.1) is 16.5 Å². The normalized spacial score (nSPS) is 10.1. The lowest BCUT2D eigenvalue weighted by Gasteiger charge is -2.01. The minimum atomic E-state index is -0.305. The molecule has 0 saturated carbocycles. The minimum absolute atomic E-state index is 0.305. The second kappa shape index (κ2) is 4.80. The first kappa shape index (κ1) is 11.4. The van der Waals surface area contributed by atoms with Gasteiger partial charge in [-0.3, -0.25) is 0 Å². The highest BCUT2D eigenvalue weighted by Crippen LogP contribution is 2.35. The molecular weight excluding hydrogens is 288 g/mol. The highest BCUT2D eigenvalue weighted by Gasteiger charge is 2.16. The molecule has 16 heavy (non-hydrogen) atoms. The van der Waals surface area contributed by atoms with E-state index < -0.39 is 0 Å². The van der Waals surface area contributed by atoms with Crippen molar-refractivity contribution in [1.82, 2.24) is 0 Å². The van der Waals surface area contributed by atoms with E-state index in [9.17, 15) is 4.79 Å². The summed E-state index contributed by atoms with van der Waals surface area (Å²) in [6.45, 7) is 0. The second-order valence-corrected chi connectivity index (χ2v) is 5.58. The van der Waals surface area contributed by atoms with Crippen LogP contribution in [0.25, 0.3) is 10.4 Å². The van der Waals surface area contributed by atoms with Gasteiger partial charge in [-0.1, -0.05) is 30.3 Å². The molecule has 2 rings (SSSR count). The fourth-order valence-corrected chi connectivity index (χ4v) is 3.02. The van der Waals surface area contributed by atoms with E-state index >= 15 is 0 Å². The van der Waals surface area contributed by atoms with E-state index in [1.165, 1.54) is 18.4 Å². The Morgan fingerprint density at radius 3 is 2.62 bits per heavy atom. The number of benzene rings is 1. The van der Waals surface area contributed by atoms with Crippen molar-refractivity contribution in [2.24, 2.45) is 0 Å². The fourth-order valence-electron chi connectivity index (χ4n) is 1.43. The summed E-state index contributed by atoms with van der Waals surface area (Å²) < 4.78 is 5.68. The van der Waals surface area contributed by atoms with Crippen molar-refractivity contribution >= 4 is 33.2 Å². The van der Waals surface area contributed by atoms with Crippen LogP contribution in [0.5, 0.6) is 0 Å². The average Bonchev–Trinajstić information content (AvgIpc) is 2.71. The van der Waals surface area contributed by atoms with Crippen LogP contribution in [0.3, 0.4) is 0 Å². The Morgan fingerprint density at radius 2 is 2.00 bits per heavy atom. The maximum Gasteiger partial charge on any atom is 0.339 e. The number of thiophene rings is 1. The van der Waals surface area contributed by atoms with Crippen molar-refractivity contribution in [3.8, 4) is 10.4 Å². The van der Waals surface area contributed by atoms with Crippen LogP contribution in [0.2, 0.25) is 0 Å². The Balaban J connectivity index is 2.53. The molecule has 0 fully saturated rings. The topological polar surface area (TPSA) is 26.3 Å². The molecule has 0 saturated heterocycles. The maximum absolute atomic E-state index is 11.6. The number of hydrogen-bond acceptors (Lipinski definition) is 3. The predicted octanol–water partition coefficient (Wildman–Crippen LogP) is 3.96. The van der Waals surface area contributed by atoms with Crippen molar-refractivity contribution in [2.45, 2.75) is 0 Å². The summed E-state index contributed by atoms with van der Waals surface area (Å²) in [5.74, 6) is -0.305. The van der Waals surface area contributed by atoms with Crippen LogP contribution in [-0.4, -0.2) is 13.1 Å². The molecule has 82 valence electrons. The Kier molecular flexibility index (Phi) is 3.41. The monoisotopic (exact) mass is 296 g/mol. The van der Waals surface area contributed by atoms with Gasteiger partial charge in [-0.2, -0.15) is 0 Å². The van der Waals surface area contributed by atoms with Crippen LogP contribution in [-0.2, 0) is 4.74 Å². The number of rotatable bonds is 2. The third kappa shape index (κ3) is 2.18. The van der Waals surface area contributed by atoms with E-state index in [0.29, 0.717) is 5.56 Å². The highest BCUT2D eigenvalue weighted by atomic mass is 79.9. The zero-order valence-corrected chi connectivity index (χ0v) is 11.0. The van der Waals surface area contributed by atoms with E-state index in [2.05, 4.69) is 15.9 Å². The minimum Gasteiger partial charge on any atom is -0.465 e. The molecule has 0 amide bonds. The van der Waals surface area contributed by atoms with Crippen LogP contribution >= 0.6 is 27.3 Å². The van der Waals surface area contributed by atoms with Crippen LogP contribution in [0.15, 0.2) is 40.2 Å². The lowest BCUT2D eigenvalue weighted by molar-refractivity contribution is 0.0602. The smallest absolute Gasteiger partial charge is 0.339 e. The molecule has 0 N–H and O–H groups in total. The van der Waals surface area contributed by atoms with E-state index in [1.807, 2.05) is 30.3 Å². The summed E-state index contributed by atoms with van der Waals surface area (Å²) in [6, 6.07) is 11.6. The number of ether oxygens (including phenoxy) is 1. The summed E-state index contributed by atoms with van der Waals surface area (Å²) in [6.07, 6.45) is 0. The quantitative estimate of drug-likeness (QED) is 0.784. The number of methoxy groups -OCH3 is 1. The summed E-state index contributed by atoms with van der Waals surface area (Å²) in [5, 5.41) is 0. The van der Waals surface area contributed by atoms with Crippen LogP contribution < -0.4 is 0 Å². The molecule has 0 bridgehead atoms. The molecule has 0 spiro atoms. The molecular formula is C12H9BrO2S. The maximum atomic E-state index is 11.6. The summed E-state index contributed by atoms with van der Waals surface area (Å²) in [5.41, 5.74) is 1.63. The van der Waals surface area contributed by atoms with Crippen LogP contribution in [0.1, 0.15) is 10.4 Å². The number of halogens is 1. The van der Waals surface area contributed by atoms with Gasteiger partial charge in [-0.15, -0.1) is 11.3 Å². The first-order chi connectivity index (χ1) is 7.72. The lowest BCUT2D eigenvalue weighted by atomic mass is 10.1. The molecule has 1 heterocycles. The Hall–Kier alpha value is -1.13. The number of carbonyl (C=O) groups is 1. The first-order valence-corrected chi connectivity index (χ1v) is 6.26. The number of esters is 1. The summed E-state index contributed by atoms with van der Waals surface area (Å²) in [7, 11) is 1.39. The van der Waals surface area contributed by atoms with Crippen molar-refractivity contribution in [3.63, 3.8) is 0 Å². The van der Waals surface area contributed by atoms with Gasteiger partial charge in [-0.25, -0.2) is 4.79 Å². The Morgan fingerprint density at radius 1 is 1.31 bits per heavy atom. The summed E-state index contributed by atoms with van der Waals surface area (Å²) >= 11 is 4.92. The predicted molar refractivity (Wildman–Crippen MR) is 68.8 cm³/mol. The number of hydrogen-bond donors (Lipinski definition) is 0. The van der Waals surface area contributed by atoms with Gasteiger partial charge in [0, 0.05) is 4.88 Å². The molecule has 0 aliphatic rings. The van der Waals surface area contributed by atoms with Crippen molar-refractivity contribution in [1.29, 1.82) is 0 Å². The van der Waals surface area contributed by atoms with Crippen molar-refractivity contribution in [3.05, 3.63) is 45.7 Å². The van der Waals surface area contributed by atoms with E-state index in [-0.39, 0.29) is 5.97 Å². The van der Waals surface area contributed by atoms with Crippen LogP contribution in [0.4, 0.5) is 0 Å². The Labute approximate surface area is 106 Å². The largest absolute Gasteiger partial charge is 0.465 e. The molecule has 2 nitrogen and oxygen atoms in total. The molecule has 0 aliphatic heterocycles. The third-order valence-corrected chi connectivity index (χ3v) is 3.83. The zero-order valence-electron chi connectivity index (χ0n) is 8.57. The van der Waals surface area contributed by atoms with Gasteiger partial charge in [0.15, 0.2) is 0 Å². The molecule has 1 aromatic heterocycles. The molecule has 0 radical (unpaired) electrons. The highest BCUT2D eigenvalue weighted by molar-refractivity contribution is 9.11. The van der Waals surface area contributed by atoms with Gasteiger partial charge >= 0.3 is 5.97 Å². The molecule has 0 aliphatic carbocycles. The lowest BCUT2D eigenvalue weighted by Crippen LogP contribution is -2.00. The second-order valence-electron chi connectivity index (χ2n) is 3.15. The zero-order chi connectivity index (χ0) is 11.5. The van der Waals surface area contributed by atoms with Crippen molar-refractivity contribution in [2.75, 3.05) is 7.11 Å². The Bertz CT molecular complexity index is 505. The summed E-state index contributed by atoms with van der Waals surface area (Å²) in [4.78, 5) is 12.5. The van der Waals surface area contributed by atoms with E-state index in [4.69, 9.17) is 4.74 Å². The van der Waals surface area contributed by atoms with Gasteiger partial charge in [0.25, 0.3) is 0 Å². The molecule has 2 aromatic rings. The van der Waals surface area contributed by atoms with Gasteiger partial charge in [0.2, 0.25) is 0 Å².